The molecule has 1 aromatic carbocycles. The molecule has 0 spiro atoms. The van der Waals surface area contributed by atoms with Crippen molar-refractivity contribution >= 4 is 45.1 Å². The van der Waals surface area contributed by atoms with E-state index in [0.29, 0.717) is 24.3 Å². The van der Waals surface area contributed by atoms with Crippen LogP contribution in [0, 0.1) is 0 Å². The first-order valence-corrected chi connectivity index (χ1v) is 11.2. The van der Waals surface area contributed by atoms with Crippen molar-refractivity contribution in [3.05, 3.63) is 23.8 Å². The van der Waals surface area contributed by atoms with Crippen molar-refractivity contribution in [1.29, 1.82) is 0 Å². The molecule has 0 aliphatic carbocycles. The molecule has 2 amide bonds. The van der Waals surface area contributed by atoms with Gasteiger partial charge in [0.2, 0.25) is 5.91 Å². The molecule has 0 saturated carbocycles. The van der Waals surface area contributed by atoms with E-state index in [4.69, 9.17) is 4.74 Å². The molecule has 27 heavy (non-hydrogen) atoms. The number of rotatable bonds is 4. The number of carbonyl (C=O) groups is 3. The number of sulfone groups is 1. The van der Waals surface area contributed by atoms with Gasteiger partial charge >= 0.3 is 5.97 Å². The van der Waals surface area contributed by atoms with Crippen LogP contribution in [0.2, 0.25) is 0 Å². The molecule has 0 unspecified atom stereocenters. The number of hydrogen-bond donors (Lipinski definition) is 2. The maximum Gasteiger partial charge on any atom is 0.338 e. The number of nitrogens with one attached hydrogen (secondary N) is 2. The third-order valence-electron chi connectivity index (χ3n) is 4.35. The van der Waals surface area contributed by atoms with Crippen LogP contribution >= 0.6 is 11.8 Å². The summed E-state index contributed by atoms with van der Waals surface area (Å²) < 4.78 is 28.2. The lowest BCUT2D eigenvalue weighted by atomic mass is 10.0. The zero-order valence-corrected chi connectivity index (χ0v) is 16.4. The Hall–Kier alpha value is -2.07. The molecule has 0 aromatic heterocycles. The molecule has 146 valence electrons. The zero-order chi connectivity index (χ0) is 19.7. The van der Waals surface area contributed by atoms with Gasteiger partial charge in [-0.15, -0.1) is 11.8 Å². The fourth-order valence-corrected chi connectivity index (χ4v) is 6.07. The van der Waals surface area contributed by atoms with Gasteiger partial charge in [0.1, 0.15) is 0 Å². The highest BCUT2D eigenvalue weighted by atomic mass is 32.2. The minimum absolute atomic E-state index is 0.0302. The van der Waals surface area contributed by atoms with E-state index in [0.717, 1.165) is 4.90 Å². The molecule has 1 saturated heterocycles. The van der Waals surface area contributed by atoms with Crippen molar-refractivity contribution in [3.63, 3.8) is 0 Å². The monoisotopic (exact) mass is 412 g/mol. The Kier molecular flexibility index (Phi) is 5.48. The summed E-state index contributed by atoms with van der Waals surface area (Å²) in [6.07, 6.45) is 0.727. The van der Waals surface area contributed by atoms with Gasteiger partial charge in [0.15, 0.2) is 16.4 Å². The van der Waals surface area contributed by atoms with Crippen LogP contribution in [0.25, 0.3) is 0 Å². The van der Waals surface area contributed by atoms with Gasteiger partial charge in [-0.2, -0.15) is 0 Å². The van der Waals surface area contributed by atoms with Gasteiger partial charge in [0.25, 0.3) is 5.91 Å². The lowest BCUT2D eigenvalue weighted by Gasteiger charge is -2.23. The Morgan fingerprint density at radius 3 is 2.85 bits per heavy atom. The van der Waals surface area contributed by atoms with Crippen LogP contribution in [-0.2, 0) is 24.2 Å². The number of benzene rings is 1. The largest absolute Gasteiger partial charge is 0.452 e. The van der Waals surface area contributed by atoms with Gasteiger partial charge in [-0.1, -0.05) is 0 Å². The molecule has 0 radical (unpaired) electrons. The van der Waals surface area contributed by atoms with Gasteiger partial charge in [-0.3, -0.25) is 9.59 Å². The third kappa shape index (κ3) is 5.01. The second-order valence-corrected chi connectivity index (χ2v) is 10.2. The first-order chi connectivity index (χ1) is 12.7. The highest BCUT2D eigenvalue weighted by Crippen LogP contribution is 2.31. The molecule has 1 fully saturated rings. The number of hydrogen-bond acceptors (Lipinski definition) is 7. The van der Waals surface area contributed by atoms with E-state index in [-0.39, 0.29) is 23.0 Å². The summed E-state index contributed by atoms with van der Waals surface area (Å²) in [7, 11) is -3.15. The van der Waals surface area contributed by atoms with Gasteiger partial charge in [-0.25, -0.2) is 13.2 Å². The summed E-state index contributed by atoms with van der Waals surface area (Å²) >= 11 is 1.52. The summed E-state index contributed by atoms with van der Waals surface area (Å²) in [6.45, 7) is 1.15. The molecular weight excluding hydrogens is 392 g/mol. The first kappa shape index (κ1) is 19.7. The van der Waals surface area contributed by atoms with Crippen LogP contribution in [0.5, 0.6) is 0 Å². The third-order valence-corrected chi connectivity index (χ3v) is 7.33. The van der Waals surface area contributed by atoms with Crippen molar-refractivity contribution in [3.8, 4) is 0 Å². The standard InChI is InChI=1S/C17H20N2O6S2/c1-17(5-7-27(23,24)10-17)19-15(21)9-25-16(22)11-2-3-13-12(8-11)18-14(20)4-6-26-13/h2-3,8H,4-7,9-10H2,1H3,(H,18,20)(H,19,21)/t17-/m0/s1. The minimum Gasteiger partial charge on any atom is -0.452 e. The number of ether oxygens (including phenoxy) is 1. The van der Waals surface area contributed by atoms with Gasteiger partial charge in [0.05, 0.1) is 28.3 Å². The Balaban J connectivity index is 1.58. The topological polar surface area (TPSA) is 119 Å². The number of fused-ring (bicyclic) bond motifs is 1. The minimum atomic E-state index is -3.15. The molecular formula is C17H20N2O6S2. The van der Waals surface area contributed by atoms with Gasteiger partial charge in [0, 0.05) is 17.1 Å². The molecule has 10 heteroatoms. The zero-order valence-electron chi connectivity index (χ0n) is 14.7. The maximum absolute atomic E-state index is 12.2. The van der Waals surface area contributed by atoms with E-state index in [1.807, 2.05) is 0 Å². The van der Waals surface area contributed by atoms with Crippen LogP contribution in [0.15, 0.2) is 23.1 Å². The SMILES string of the molecule is C[C@]1(NC(=O)COC(=O)c2ccc3c(c2)NC(=O)CCS3)CCS(=O)(=O)C1. The summed E-state index contributed by atoms with van der Waals surface area (Å²) in [5, 5.41) is 5.37. The lowest BCUT2D eigenvalue weighted by molar-refractivity contribution is -0.125. The van der Waals surface area contributed by atoms with Crippen molar-refractivity contribution in [2.24, 2.45) is 0 Å². The molecule has 2 aliphatic heterocycles. The van der Waals surface area contributed by atoms with Crippen molar-refractivity contribution in [1.82, 2.24) is 5.32 Å². The quantitative estimate of drug-likeness (QED) is 0.707. The molecule has 8 nitrogen and oxygen atoms in total. The molecule has 1 atom stereocenters. The highest BCUT2D eigenvalue weighted by Gasteiger charge is 2.39. The predicted octanol–water partition coefficient (Wildman–Crippen LogP) is 0.971. The number of thioether (sulfide) groups is 1. The molecule has 2 N–H and O–H groups in total. The average Bonchev–Trinajstić information content (AvgIpc) is 2.75. The summed E-state index contributed by atoms with van der Waals surface area (Å²) in [4.78, 5) is 36.7. The van der Waals surface area contributed by atoms with E-state index in [1.165, 1.54) is 17.8 Å². The summed E-state index contributed by atoms with van der Waals surface area (Å²) in [6, 6.07) is 4.83. The van der Waals surface area contributed by atoms with Crippen molar-refractivity contribution in [2.45, 2.75) is 30.2 Å². The van der Waals surface area contributed by atoms with Crippen molar-refractivity contribution < 1.29 is 27.5 Å². The van der Waals surface area contributed by atoms with E-state index >= 15 is 0 Å². The highest BCUT2D eigenvalue weighted by molar-refractivity contribution is 7.99. The van der Waals surface area contributed by atoms with Gasteiger partial charge in [-0.05, 0) is 31.5 Å². The Bertz CT molecular complexity index is 899. The predicted molar refractivity (Wildman–Crippen MR) is 101 cm³/mol. The van der Waals surface area contributed by atoms with Crippen molar-refractivity contribution in [2.75, 3.05) is 29.2 Å². The summed E-state index contributed by atoms with van der Waals surface area (Å²) in [5.41, 5.74) is -0.0717. The lowest BCUT2D eigenvalue weighted by Crippen LogP contribution is -2.48. The number of esters is 1. The Labute approximate surface area is 161 Å². The van der Waals surface area contributed by atoms with Crippen LogP contribution in [0.1, 0.15) is 30.1 Å². The van der Waals surface area contributed by atoms with Crippen LogP contribution < -0.4 is 10.6 Å². The fraction of sp³-hybridized carbons (Fsp3) is 0.471. The summed E-state index contributed by atoms with van der Waals surface area (Å²) in [5.74, 6) is -0.796. The normalized spacial score (nSPS) is 23.7. The fourth-order valence-electron chi connectivity index (χ4n) is 3.04. The Morgan fingerprint density at radius 2 is 2.15 bits per heavy atom. The maximum atomic E-state index is 12.2. The van der Waals surface area contributed by atoms with E-state index in [1.54, 1.807) is 19.1 Å². The number of amides is 2. The second-order valence-electron chi connectivity index (χ2n) is 6.88. The smallest absolute Gasteiger partial charge is 0.338 e. The van der Waals surface area contributed by atoms with Crippen LogP contribution in [0.3, 0.4) is 0 Å². The molecule has 3 rings (SSSR count). The number of carbonyl (C=O) groups excluding carboxylic acids is 3. The van der Waals surface area contributed by atoms with Crippen LogP contribution in [0.4, 0.5) is 5.69 Å². The molecule has 2 heterocycles. The molecule has 0 bridgehead atoms. The number of anilines is 1. The van der Waals surface area contributed by atoms with Crippen LogP contribution in [-0.4, -0.2) is 55.6 Å². The van der Waals surface area contributed by atoms with Gasteiger partial charge < -0.3 is 15.4 Å². The molecule has 1 aromatic rings. The second kappa shape index (κ2) is 7.51. The van der Waals surface area contributed by atoms with E-state index < -0.39 is 33.9 Å². The average molecular weight is 412 g/mol. The molecule has 2 aliphatic rings. The first-order valence-electron chi connectivity index (χ1n) is 8.41. The van der Waals surface area contributed by atoms with E-state index in [9.17, 15) is 22.8 Å². The Morgan fingerprint density at radius 1 is 1.37 bits per heavy atom. The van der Waals surface area contributed by atoms with E-state index in [2.05, 4.69) is 10.6 Å².